The van der Waals surface area contributed by atoms with E-state index in [4.69, 9.17) is 16.3 Å². The fourth-order valence-electron chi connectivity index (χ4n) is 2.08. The van der Waals surface area contributed by atoms with E-state index in [1.165, 1.54) is 19.2 Å². The fraction of sp³-hybridized carbons (Fsp3) is 0.188. The first-order valence-electron chi connectivity index (χ1n) is 6.82. The molecule has 23 heavy (non-hydrogen) atoms. The molecule has 0 heterocycles. The topological polar surface area (TPSA) is 72.5 Å². The normalized spacial score (nSPS) is 12.6. The summed E-state index contributed by atoms with van der Waals surface area (Å²) in [5.41, 5.74) is 0.810. The van der Waals surface area contributed by atoms with Crippen molar-refractivity contribution in [3.05, 3.63) is 65.2 Å². The van der Waals surface area contributed by atoms with Crippen molar-refractivity contribution >= 4 is 27.6 Å². The third-order valence-corrected chi connectivity index (χ3v) is 5.16. The predicted molar refractivity (Wildman–Crippen MR) is 87.7 cm³/mol. The molecule has 2 rings (SSSR count). The predicted octanol–water partition coefficient (Wildman–Crippen LogP) is 2.40. The van der Waals surface area contributed by atoms with Gasteiger partial charge in [0.25, 0.3) is 0 Å². The summed E-state index contributed by atoms with van der Waals surface area (Å²) in [7, 11) is -2.74. The fourth-order valence-corrected chi connectivity index (χ4v) is 3.78. The van der Waals surface area contributed by atoms with Crippen molar-refractivity contribution in [1.82, 2.24) is 4.72 Å². The van der Waals surface area contributed by atoms with Gasteiger partial charge in [-0.2, -0.15) is 4.72 Å². The van der Waals surface area contributed by atoms with Crippen molar-refractivity contribution in [2.75, 3.05) is 7.11 Å². The van der Waals surface area contributed by atoms with Gasteiger partial charge >= 0.3 is 5.97 Å². The van der Waals surface area contributed by atoms with Gasteiger partial charge in [-0.25, -0.2) is 8.42 Å². The van der Waals surface area contributed by atoms with Gasteiger partial charge in [0, 0.05) is 0 Å². The van der Waals surface area contributed by atoms with E-state index in [-0.39, 0.29) is 16.3 Å². The van der Waals surface area contributed by atoms with E-state index >= 15 is 0 Å². The van der Waals surface area contributed by atoms with Crippen LogP contribution in [0.15, 0.2) is 59.5 Å². The highest BCUT2D eigenvalue weighted by Gasteiger charge is 2.27. The molecule has 1 N–H and O–H groups in total. The summed E-state index contributed by atoms with van der Waals surface area (Å²) in [5.74, 6) is -0.663. The minimum Gasteiger partial charge on any atom is -0.468 e. The van der Waals surface area contributed by atoms with Gasteiger partial charge < -0.3 is 4.74 Å². The van der Waals surface area contributed by atoms with E-state index in [1.54, 1.807) is 24.3 Å². The number of methoxy groups -OCH3 is 1. The molecule has 1 atom stereocenters. The number of carbonyl (C=O) groups excluding carboxylic acids is 1. The van der Waals surface area contributed by atoms with E-state index in [0.29, 0.717) is 0 Å². The van der Waals surface area contributed by atoms with Crippen LogP contribution in [-0.4, -0.2) is 27.5 Å². The van der Waals surface area contributed by atoms with E-state index in [2.05, 4.69) is 4.72 Å². The molecule has 7 heteroatoms. The van der Waals surface area contributed by atoms with Crippen LogP contribution >= 0.6 is 11.6 Å². The van der Waals surface area contributed by atoms with Crippen molar-refractivity contribution in [3.63, 3.8) is 0 Å². The smallest absolute Gasteiger partial charge is 0.324 e. The van der Waals surface area contributed by atoms with E-state index < -0.39 is 22.0 Å². The Labute approximate surface area is 140 Å². The second-order valence-corrected chi connectivity index (χ2v) is 6.91. The van der Waals surface area contributed by atoms with Gasteiger partial charge in [0.15, 0.2) is 0 Å². The molecular formula is C16H16ClNO4S. The zero-order chi connectivity index (χ0) is 16.9. The van der Waals surface area contributed by atoms with Gasteiger partial charge in [-0.05, 0) is 24.1 Å². The molecule has 0 amide bonds. The molecule has 5 nitrogen and oxygen atoms in total. The average Bonchev–Trinajstić information content (AvgIpc) is 2.54. The summed E-state index contributed by atoms with van der Waals surface area (Å²) in [6.07, 6.45) is 0.178. The highest BCUT2D eigenvalue weighted by atomic mass is 35.5. The van der Waals surface area contributed by atoms with Crippen molar-refractivity contribution in [1.29, 1.82) is 0 Å². The van der Waals surface area contributed by atoms with Crippen LogP contribution < -0.4 is 4.72 Å². The third kappa shape index (κ3) is 4.54. The zero-order valence-electron chi connectivity index (χ0n) is 12.4. The Morgan fingerprint density at radius 2 is 1.74 bits per heavy atom. The molecule has 0 radical (unpaired) electrons. The lowest BCUT2D eigenvalue weighted by Crippen LogP contribution is -2.43. The van der Waals surface area contributed by atoms with E-state index in [0.717, 1.165) is 5.56 Å². The summed E-state index contributed by atoms with van der Waals surface area (Å²) in [4.78, 5) is 11.8. The molecule has 0 aliphatic carbocycles. The molecule has 1 unspecified atom stereocenters. The Kier molecular flexibility index (Phi) is 5.76. The first-order valence-corrected chi connectivity index (χ1v) is 8.69. The Morgan fingerprint density at radius 1 is 1.13 bits per heavy atom. The number of rotatable bonds is 6. The maximum absolute atomic E-state index is 12.5. The summed E-state index contributed by atoms with van der Waals surface area (Å²) >= 11 is 5.93. The molecule has 2 aromatic rings. The SMILES string of the molecule is COC(=O)C(Cc1ccccc1)NS(=O)(=O)c1ccccc1Cl. The monoisotopic (exact) mass is 353 g/mol. The second-order valence-electron chi connectivity index (χ2n) is 4.82. The Balaban J connectivity index is 2.27. The Morgan fingerprint density at radius 3 is 2.35 bits per heavy atom. The molecule has 0 aliphatic heterocycles. The summed E-state index contributed by atoms with van der Waals surface area (Å²) in [6.45, 7) is 0. The van der Waals surface area contributed by atoms with Crippen molar-refractivity contribution in [3.8, 4) is 0 Å². The molecule has 0 saturated heterocycles. The summed E-state index contributed by atoms with van der Waals surface area (Å²) in [6, 6.07) is 14.1. The molecule has 2 aromatic carbocycles. The molecule has 0 saturated carbocycles. The lowest BCUT2D eigenvalue weighted by molar-refractivity contribution is -0.142. The minimum absolute atomic E-state index is 0.0800. The van der Waals surface area contributed by atoms with Gasteiger partial charge in [-0.15, -0.1) is 0 Å². The first kappa shape index (κ1) is 17.5. The molecule has 0 spiro atoms. The molecule has 0 aliphatic rings. The number of ether oxygens (including phenoxy) is 1. The lowest BCUT2D eigenvalue weighted by atomic mass is 10.1. The highest BCUT2D eigenvalue weighted by molar-refractivity contribution is 7.89. The molecule has 0 fully saturated rings. The quantitative estimate of drug-likeness (QED) is 0.809. The van der Waals surface area contributed by atoms with Gasteiger partial charge in [0.1, 0.15) is 10.9 Å². The number of hydrogen-bond acceptors (Lipinski definition) is 4. The number of halogens is 1. The van der Waals surface area contributed by atoms with Gasteiger partial charge in [-0.1, -0.05) is 54.1 Å². The van der Waals surface area contributed by atoms with Crippen LogP contribution in [-0.2, 0) is 26.0 Å². The third-order valence-electron chi connectivity index (χ3n) is 3.19. The Bertz CT molecular complexity index is 778. The maximum atomic E-state index is 12.5. The van der Waals surface area contributed by atoms with Crippen LogP contribution in [0.1, 0.15) is 5.56 Å². The average molecular weight is 354 g/mol. The molecule has 0 aromatic heterocycles. The van der Waals surface area contributed by atoms with E-state index in [9.17, 15) is 13.2 Å². The standard InChI is InChI=1S/C16H16ClNO4S/c1-22-16(19)14(11-12-7-3-2-4-8-12)18-23(20,21)15-10-6-5-9-13(15)17/h2-10,14,18H,11H2,1H3. The second kappa shape index (κ2) is 7.59. The summed E-state index contributed by atoms with van der Waals surface area (Å²) < 4.78 is 32.0. The van der Waals surface area contributed by atoms with Crippen LogP contribution in [0.3, 0.4) is 0 Å². The lowest BCUT2D eigenvalue weighted by Gasteiger charge is -2.17. The van der Waals surface area contributed by atoms with Crippen molar-refractivity contribution in [2.45, 2.75) is 17.4 Å². The number of hydrogen-bond donors (Lipinski definition) is 1. The number of esters is 1. The van der Waals surface area contributed by atoms with Crippen LogP contribution in [0.5, 0.6) is 0 Å². The number of nitrogens with one attached hydrogen (secondary N) is 1. The minimum atomic E-state index is -3.95. The highest BCUT2D eigenvalue weighted by Crippen LogP contribution is 2.21. The molecular weight excluding hydrogens is 338 g/mol. The van der Waals surface area contributed by atoms with Gasteiger partial charge in [0.2, 0.25) is 10.0 Å². The van der Waals surface area contributed by atoms with Crippen molar-refractivity contribution in [2.24, 2.45) is 0 Å². The number of sulfonamides is 1. The van der Waals surface area contributed by atoms with Crippen LogP contribution in [0.25, 0.3) is 0 Å². The van der Waals surface area contributed by atoms with Crippen LogP contribution in [0, 0.1) is 0 Å². The molecule has 122 valence electrons. The van der Waals surface area contributed by atoms with Crippen LogP contribution in [0.2, 0.25) is 5.02 Å². The number of carbonyl (C=O) groups is 1. The van der Waals surface area contributed by atoms with Gasteiger partial charge in [-0.3, -0.25) is 4.79 Å². The number of benzene rings is 2. The van der Waals surface area contributed by atoms with Crippen LogP contribution in [0.4, 0.5) is 0 Å². The summed E-state index contributed by atoms with van der Waals surface area (Å²) in [5, 5.41) is 0.0864. The van der Waals surface area contributed by atoms with Crippen molar-refractivity contribution < 1.29 is 17.9 Å². The maximum Gasteiger partial charge on any atom is 0.324 e. The zero-order valence-corrected chi connectivity index (χ0v) is 14.0. The van der Waals surface area contributed by atoms with E-state index in [1.807, 2.05) is 18.2 Å². The first-order chi connectivity index (χ1) is 10.9. The molecule has 0 bridgehead atoms. The van der Waals surface area contributed by atoms with Gasteiger partial charge in [0.05, 0.1) is 12.1 Å². The largest absolute Gasteiger partial charge is 0.468 e. The Hall–Kier alpha value is -1.89.